The van der Waals surface area contributed by atoms with E-state index in [1.54, 1.807) is 11.0 Å². The molecule has 6 heteroatoms. The zero-order chi connectivity index (χ0) is 14.9. The first-order valence-corrected chi connectivity index (χ1v) is 7.73. The molecule has 1 saturated carbocycles. The summed E-state index contributed by atoms with van der Waals surface area (Å²) in [6.45, 7) is 4.64. The van der Waals surface area contributed by atoms with E-state index in [0.29, 0.717) is 6.04 Å². The van der Waals surface area contributed by atoms with Gasteiger partial charge in [0.15, 0.2) is 0 Å². The van der Waals surface area contributed by atoms with E-state index in [1.807, 2.05) is 18.2 Å². The molecule has 1 aromatic heterocycles. The number of aromatic nitrogens is 4. The van der Waals surface area contributed by atoms with Crippen LogP contribution in [-0.2, 0) is 0 Å². The number of anilines is 1. The minimum Gasteiger partial charge on any atom is -0.381 e. The highest BCUT2D eigenvalue weighted by Crippen LogP contribution is 2.38. The van der Waals surface area contributed by atoms with Crippen LogP contribution in [0.3, 0.4) is 0 Å². The lowest BCUT2D eigenvalue weighted by atomic mass is 9.73. The number of benzene rings is 1. The van der Waals surface area contributed by atoms with E-state index in [2.05, 4.69) is 34.7 Å². The molecule has 1 N–H and O–H groups in total. The van der Waals surface area contributed by atoms with Gasteiger partial charge in [0.25, 0.3) is 0 Å². The number of halogens is 1. The summed E-state index contributed by atoms with van der Waals surface area (Å²) in [5, 5.41) is 15.6. The van der Waals surface area contributed by atoms with Gasteiger partial charge in [-0.25, -0.2) is 4.68 Å². The van der Waals surface area contributed by atoms with Crippen molar-refractivity contribution in [2.45, 2.75) is 45.6 Å². The first kappa shape index (κ1) is 14.3. The summed E-state index contributed by atoms with van der Waals surface area (Å²) in [5.41, 5.74) is 2.14. The molecule has 1 aliphatic rings. The smallest absolute Gasteiger partial charge is 0.143 e. The second-order valence-electron chi connectivity index (χ2n) is 6.35. The molecule has 0 aliphatic heterocycles. The second kappa shape index (κ2) is 5.64. The van der Waals surface area contributed by atoms with Crippen molar-refractivity contribution in [3.8, 4) is 5.69 Å². The topological polar surface area (TPSA) is 55.6 Å². The molecule has 1 heterocycles. The van der Waals surface area contributed by atoms with Gasteiger partial charge in [-0.15, -0.1) is 5.10 Å². The predicted molar refractivity (Wildman–Crippen MR) is 83.8 cm³/mol. The first-order chi connectivity index (χ1) is 10.1. The van der Waals surface area contributed by atoms with Crippen LogP contribution in [0.2, 0.25) is 5.02 Å². The third kappa shape index (κ3) is 3.02. The molecule has 1 atom stereocenters. The number of nitrogens with one attached hydrogen (secondary N) is 1. The Labute approximate surface area is 129 Å². The Morgan fingerprint density at radius 3 is 2.90 bits per heavy atom. The average Bonchev–Trinajstić information content (AvgIpc) is 2.97. The molecule has 21 heavy (non-hydrogen) atoms. The van der Waals surface area contributed by atoms with Crippen LogP contribution in [0.15, 0.2) is 24.5 Å². The Morgan fingerprint density at radius 2 is 2.19 bits per heavy atom. The molecular weight excluding hydrogens is 286 g/mol. The summed E-state index contributed by atoms with van der Waals surface area (Å²) in [6.07, 6.45) is 6.58. The van der Waals surface area contributed by atoms with Crippen LogP contribution < -0.4 is 5.32 Å². The van der Waals surface area contributed by atoms with Crippen molar-refractivity contribution >= 4 is 17.3 Å². The van der Waals surface area contributed by atoms with Crippen LogP contribution in [-0.4, -0.2) is 26.2 Å². The zero-order valence-electron chi connectivity index (χ0n) is 12.4. The van der Waals surface area contributed by atoms with E-state index in [0.717, 1.165) is 16.4 Å². The Bertz CT molecular complexity index is 609. The summed E-state index contributed by atoms with van der Waals surface area (Å²) in [6, 6.07) is 6.24. The quantitative estimate of drug-likeness (QED) is 0.939. The molecule has 0 saturated heterocycles. The van der Waals surface area contributed by atoms with E-state index in [-0.39, 0.29) is 5.41 Å². The fraction of sp³-hybridized carbons (Fsp3) is 0.533. The first-order valence-electron chi connectivity index (χ1n) is 7.36. The lowest BCUT2D eigenvalue weighted by Gasteiger charge is -2.39. The third-order valence-electron chi connectivity index (χ3n) is 4.40. The summed E-state index contributed by atoms with van der Waals surface area (Å²) >= 11 is 6.35. The maximum Gasteiger partial charge on any atom is 0.143 e. The minimum atomic E-state index is 0.284. The van der Waals surface area contributed by atoms with E-state index < -0.39 is 0 Å². The molecule has 1 unspecified atom stereocenters. The van der Waals surface area contributed by atoms with Crippen LogP contribution >= 0.6 is 11.6 Å². The Morgan fingerprint density at radius 1 is 1.33 bits per heavy atom. The zero-order valence-corrected chi connectivity index (χ0v) is 13.1. The highest BCUT2D eigenvalue weighted by atomic mass is 35.5. The van der Waals surface area contributed by atoms with Gasteiger partial charge in [0.2, 0.25) is 0 Å². The molecule has 0 bridgehead atoms. The van der Waals surface area contributed by atoms with Crippen molar-refractivity contribution in [3.63, 3.8) is 0 Å². The van der Waals surface area contributed by atoms with Gasteiger partial charge in [-0.2, -0.15) is 0 Å². The molecule has 0 radical (unpaired) electrons. The molecule has 0 spiro atoms. The molecule has 1 aromatic carbocycles. The number of hydrogen-bond acceptors (Lipinski definition) is 4. The largest absolute Gasteiger partial charge is 0.381 e. The van der Waals surface area contributed by atoms with E-state index in [1.165, 1.54) is 25.7 Å². The maximum atomic E-state index is 6.35. The van der Waals surface area contributed by atoms with E-state index >= 15 is 0 Å². The van der Waals surface area contributed by atoms with Gasteiger partial charge in [-0.1, -0.05) is 38.3 Å². The monoisotopic (exact) mass is 305 g/mol. The normalized spacial score (nSPS) is 21.2. The number of tetrazole rings is 1. The van der Waals surface area contributed by atoms with E-state index in [4.69, 9.17) is 11.6 Å². The van der Waals surface area contributed by atoms with Gasteiger partial charge < -0.3 is 5.32 Å². The van der Waals surface area contributed by atoms with Gasteiger partial charge in [-0.05, 0) is 46.9 Å². The highest BCUT2D eigenvalue weighted by molar-refractivity contribution is 6.33. The van der Waals surface area contributed by atoms with Gasteiger partial charge in [0, 0.05) is 6.04 Å². The maximum absolute atomic E-state index is 6.35. The third-order valence-corrected chi connectivity index (χ3v) is 4.73. The van der Waals surface area contributed by atoms with Gasteiger partial charge in [0.1, 0.15) is 6.33 Å². The molecule has 2 aromatic rings. The predicted octanol–water partition coefficient (Wildman–Crippen LogP) is 3.70. The van der Waals surface area contributed by atoms with Crippen molar-refractivity contribution in [2.24, 2.45) is 5.41 Å². The van der Waals surface area contributed by atoms with Crippen molar-refractivity contribution < 1.29 is 0 Å². The van der Waals surface area contributed by atoms with Crippen LogP contribution in [0, 0.1) is 5.41 Å². The molecule has 5 nitrogen and oxygen atoms in total. The van der Waals surface area contributed by atoms with Gasteiger partial charge in [-0.3, -0.25) is 0 Å². The summed E-state index contributed by atoms with van der Waals surface area (Å²) in [7, 11) is 0. The molecule has 112 valence electrons. The minimum absolute atomic E-state index is 0.284. The Hall–Kier alpha value is -1.62. The standard InChI is InChI=1S/C15H20ClN5/c1-15(2)8-4-3-5-14(15)18-13-9-11(6-7-12(13)16)21-10-17-19-20-21/h6-7,9-10,14,18H,3-5,8H2,1-2H3. The van der Waals surface area contributed by atoms with Crippen molar-refractivity contribution in [1.29, 1.82) is 0 Å². The Balaban J connectivity index is 1.86. The summed E-state index contributed by atoms with van der Waals surface area (Å²) in [5.74, 6) is 0. The number of nitrogens with zero attached hydrogens (tertiary/aromatic N) is 4. The second-order valence-corrected chi connectivity index (χ2v) is 6.76. The van der Waals surface area contributed by atoms with E-state index in [9.17, 15) is 0 Å². The average molecular weight is 306 g/mol. The van der Waals surface area contributed by atoms with Crippen molar-refractivity contribution in [2.75, 3.05) is 5.32 Å². The van der Waals surface area contributed by atoms with Crippen LogP contribution in [0.4, 0.5) is 5.69 Å². The van der Waals surface area contributed by atoms with Crippen LogP contribution in [0.1, 0.15) is 39.5 Å². The summed E-state index contributed by atoms with van der Waals surface area (Å²) < 4.78 is 1.63. The number of hydrogen-bond donors (Lipinski definition) is 1. The van der Waals surface area contributed by atoms with Crippen LogP contribution in [0.5, 0.6) is 0 Å². The lowest BCUT2D eigenvalue weighted by molar-refractivity contribution is 0.217. The SMILES string of the molecule is CC1(C)CCCCC1Nc1cc(-n2cnnn2)ccc1Cl. The van der Waals surface area contributed by atoms with Gasteiger partial charge >= 0.3 is 0 Å². The van der Waals surface area contributed by atoms with Crippen molar-refractivity contribution in [3.05, 3.63) is 29.5 Å². The lowest BCUT2D eigenvalue weighted by Crippen LogP contribution is -2.39. The molecular formula is C15H20ClN5. The highest BCUT2D eigenvalue weighted by Gasteiger charge is 2.32. The fourth-order valence-corrected chi connectivity index (χ4v) is 3.17. The van der Waals surface area contributed by atoms with Gasteiger partial charge in [0.05, 0.1) is 16.4 Å². The molecule has 0 amide bonds. The number of rotatable bonds is 3. The molecule has 1 fully saturated rings. The Kier molecular flexibility index (Phi) is 3.85. The summed E-state index contributed by atoms with van der Waals surface area (Å²) in [4.78, 5) is 0. The molecule has 1 aliphatic carbocycles. The van der Waals surface area contributed by atoms with Crippen LogP contribution in [0.25, 0.3) is 5.69 Å². The fourth-order valence-electron chi connectivity index (χ4n) is 3.00. The van der Waals surface area contributed by atoms with Crippen molar-refractivity contribution in [1.82, 2.24) is 20.2 Å². The molecule has 3 rings (SSSR count).